The maximum Gasteiger partial charge on any atom is 0.303 e. The number of methoxy groups -OCH3 is 2. The standard InChI is InChI=1S/C14H18O5/c1-17-11-4-3-10-7-9(8-12(15)16)5-6-19-13(10)14(11)18-2/h3-4,9H,5-8H2,1-2H3,(H,15,16). The molecule has 0 bridgehead atoms. The second kappa shape index (κ2) is 5.82. The predicted molar refractivity (Wildman–Crippen MR) is 69.1 cm³/mol. The minimum Gasteiger partial charge on any atom is -0.493 e. The largest absolute Gasteiger partial charge is 0.493 e. The van der Waals surface area contributed by atoms with Crippen molar-refractivity contribution in [3.05, 3.63) is 17.7 Å². The Labute approximate surface area is 112 Å². The van der Waals surface area contributed by atoms with E-state index >= 15 is 0 Å². The summed E-state index contributed by atoms with van der Waals surface area (Å²) in [5, 5.41) is 8.90. The lowest BCUT2D eigenvalue weighted by Gasteiger charge is -2.15. The van der Waals surface area contributed by atoms with Gasteiger partial charge in [0.05, 0.1) is 20.8 Å². The van der Waals surface area contributed by atoms with Gasteiger partial charge in [-0.3, -0.25) is 4.79 Å². The molecule has 104 valence electrons. The van der Waals surface area contributed by atoms with E-state index in [-0.39, 0.29) is 12.3 Å². The van der Waals surface area contributed by atoms with Gasteiger partial charge in [0.2, 0.25) is 5.75 Å². The lowest BCUT2D eigenvalue weighted by molar-refractivity contribution is -0.138. The highest BCUT2D eigenvalue weighted by molar-refractivity contribution is 5.67. The van der Waals surface area contributed by atoms with Crippen molar-refractivity contribution in [1.29, 1.82) is 0 Å². The summed E-state index contributed by atoms with van der Waals surface area (Å²) < 4.78 is 16.3. The van der Waals surface area contributed by atoms with E-state index in [1.165, 1.54) is 0 Å². The number of aliphatic carboxylic acids is 1. The first-order valence-electron chi connectivity index (χ1n) is 6.24. The summed E-state index contributed by atoms with van der Waals surface area (Å²) in [6, 6.07) is 3.74. The van der Waals surface area contributed by atoms with Crippen LogP contribution >= 0.6 is 0 Å². The average molecular weight is 266 g/mol. The van der Waals surface area contributed by atoms with Gasteiger partial charge < -0.3 is 19.3 Å². The number of benzene rings is 1. The lowest BCUT2D eigenvalue weighted by Crippen LogP contribution is -2.11. The molecular formula is C14H18O5. The lowest BCUT2D eigenvalue weighted by atomic mass is 9.94. The molecule has 1 N–H and O–H groups in total. The van der Waals surface area contributed by atoms with E-state index in [0.29, 0.717) is 30.3 Å². The van der Waals surface area contributed by atoms with Crippen LogP contribution in [-0.4, -0.2) is 31.9 Å². The first kappa shape index (κ1) is 13.5. The highest BCUT2D eigenvalue weighted by atomic mass is 16.5. The maximum absolute atomic E-state index is 10.8. The van der Waals surface area contributed by atoms with Crippen molar-refractivity contribution in [3.63, 3.8) is 0 Å². The summed E-state index contributed by atoms with van der Waals surface area (Å²) in [6.45, 7) is 0.495. The van der Waals surface area contributed by atoms with Gasteiger partial charge in [-0.05, 0) is 30.4 Å². The third-order valence-corrected chi connectivity index (χ3v) is 3.33. The van der Waals surface area contributed by atoms with Gasteiger partial charge in [0, 0.05) is 6.42 Å². The van der Waals surface area contributed by atoms with Crippen LogP contribution in [0.3, 0.4) is 0 Å². The Morgan fingerprint density at radius 1 is 1.42 bits per heavy atom. The molecule has 0 fully saturated rings. The first-order valence-corrected chi connectivity index (χ1v) is 6.24. The molecule has 0 spiro atoms. The SMILES string of the molecule is COc1ccc2c(c1OC)OCCC(CC(=O)O)C2. The fourth-order valence-electron chi connectivity index (χ4n) is 2.42. The van der Waals surface area contributed by atoms with Crippen molar-refractivity contribution >= 4 is 5.97 Å². The van der Waals surface area contributed by atoms with Crippen molar-refractivity contribution < 1.29 is 24.1 Å². The van der Waals surface area contributed by atoms with Crippen LogP contribution in [0.25, 0.3) is 0 Å². The molecule has 0 aliphatic carbocycles. The molecule has 1 aliphatic heterocycles. The van der Waals surface area contributed by atoms with Gasteiger partial charge >= 0.3 is 5.97 Å². The molecule has 1 aromatic carbocycles. The number of ether oxygens (including phenoxy) is 3. The molecule has 0 saturated heterocycles. The van der Waals surface area contributed by atoms with Crippen molar-refractivity contribution in [2.75, 3.05) is 20.8 Å². The van der Waals surface area contributed by atoms with Crippen molar-refractivity contribution in [1.82, 2.24) is 0 Å². The molecule has 5 heteroatoms. The second-order valence-electron chi connectivity index (χ2n) is 4.59. The van der Waals surface area contributed by atoms with Crippen molar-refractivity contribution in [2.24, 2.45) is 5.92 Å². The zero-order valence-electron chi connectivity index (χ0n) is 11.1. The molecule has 5 nitrogen and oxygen atoms in total. The molecule has 0 aromatic heterocycles. The Balaban J connectivity index is 2.31. The summed E-state index contributed by atoms with van der Waals surface area (Å²) in [5.74, 6) is 1.20. The topological polar surface area (TPSA) is 65.0 Å². The van der Waals surface area contributed by atoms with Crippen LogP contribution in [-0.2, 0) is 11.2 Å². The molecule has 0 saturated carbocycles. The quantitative estimate of drug-likeness (QED) is 0.904. The Morgan fingerprint density at radius 2 is 2.21 bits per heavy atom. The van der Waals surface area contributed by atoms with Gasteiger partial charge in [0.25, 0.3) is 0 Å². The van der Waals surface area contributed by atoms with Crippen LogP contribution in [0.5, 0.6) is 17.2 Å². The molecule has 1 atom stereocenters. The molecule has 2 rings (SSSR count). The predicted octanol–water partition coefficient (Wildman–Crippen LogP) is 2.12. The minimum atomic E-state index is -0.770. The van der Waals surface area contributed by atoms with E-state index in [1.54, 1.807) is 14.2 Å². The fraction of sp³-hybridized carbons (Fsp3) is 0.500. The van der Waals surface area contributed by atoms with Crippen LogP contribution in [0.4, 0.5) is 0 Å². The highest BCUT2D eigenvalue weighted by Gasteiger charge is 2.24. The average Bonchev–Trinajstić information content (AvgIpc) is 2.58. The summed E-state index contributed by atoms with van der Waals surface area (Å²) in [5.41, 5.74) is 0.974. The number of hydrogen-bond donors (Lipinski definition) is 1. The van der Waals surface area contributed by atoms with Gasteiger partial charge in [-0.15, -0.1) is 0 Å². The molecule has 1 aliphatic rings. The molecule has 19 heavy (non-hydrogen) atoms. The summed E-state index contributed by atoms with van der Waals surface area (Å²) >= 11 is 0. The van der Waals surface area contributed by atoms with E-state index in [9.17, 15) is 4.79 Å². The van der Waals surface area contributed by atoms with E-state index in [2.05, 4.69) is 0 Å². The van der Waals surface area contributed by atoms with Crippen LogP contribution in [0, 0.1) is 5.92 Å². The second-order valence-corrected chi connectivity index (χ2v) is 4.59. The fourth-order valence-corrected chi connectivity index (χ4v) is 2.42. The zero-order chi connectivity index (χ0) is 13.8. The zero-order valence-corrected chi connectivity index (χ0v) is 11.1. The van der Waals surface area contributed by atoms with Gasteiger partial charge in [-0.1, -0.05) is 6.07 Å². The molecule has 0 amide bonds. The number of hydrogen-bond acceptors (Lipinski definition) is 4. The molecular weight excluding hydrogens is 248 g/mol. The summed E-state index contributed by atoms with van der Waals surface area (Å²) in [4.78, 5) is 10.8. The van der Waals surface area contributed by atoms with Gasteiger partial charge in [-0.25, -0.2) is 0 Å². The van der Waals surface area contributed by atoms with Crippen LogP contribution < -0.4 is 14.2 Å². The van der Waals surface area contributed by atoms with E-state index in [4.69, 9.17) is 19.3 Å². The number of carbonyl (C=O) groups is 1. The van der Waals surface area contributed by atoms with Crippen molar-refractivity contribution in [2.45, 2.75) is 19.3 Å². The summed E-state index contributed by atoms with van der Waals surface area (Å²) in [6.07, 6.45) is 1.57. The first-order chi connectivity index (χ1) is 9.15. The van der Waals surface area contributed by atoms with Gasteiger partial charge in [-0.2, -0.15) is 0 Å². The van der Waals surface area contributed by atoms with Crippen LogP contribution in [0.15, 0.2) is 12.1 Å². The van der Waals surface area contributed by atoms with Crippen LogP contribution in [0.1, 0.15) is 18.4 Å². The molecule has 1 aromatic rings. The highest BCUT2D eigenvalue weighted by Crippen LogP contribution is 2.42. The van der Waals surface area contributed by atoms with E-state index in [0.717, 1.165) is 12.0 Å². The Hall–Kier alpha value is -1.91. The maximum atomic E-state index is 10.8. The monoisotopic (exact) mass is 266 g/mol. The van der Waals surface area contributed by atoms with Gasteiger partial charge in [0.15, 0.2) is 11.5 Å². The van der Waals surface area contributed by atoms with E-state index < -0.39 is 5.97 Å². The normalized spacial score (nSPS) is 17.9. The van der Waals surface area contributed by atoms with Crippen LogP contribution in [0.2, 0.25) is 0 Å². The van der Waals surface area contributed by atoms with Crippen molar-refractivity contribution in [3.8, 4) is 17.2 Å². The number of carboxylic acid groups (broad SMARTS) is 1. The Bertz CT molecular complexity index is 469. The summed E-state index contributed by atoms with van der Waals surface area (Å²) in [7, 11) is 3.15. The minimum absolute atomic E-state index is 0.0943. The third-order valence-electron chi connectivity index (χ3n) is 3.33. The molecule has 1 heterocycles. The Morgan fingerprint density at radius 3 is 2.84 bits per heavy atom. The van der Waals surface area contributed by atoms with Gasteiger partial charge in [0.1, 0.15) is 0 Å². The Kier molecular flexibility index (Phi) is 4.14. The number of fused-ring (bicyclic) bond motifs is 1. The number of rotatable bonds is 4. The van der Waals surface area contributed by atoms with E-state index in [1.807, 2.05) is 12.1 Å². The molecule has 0 radical (unpaired) electrons. The number of carboxylic acids is 1. The third kappa shape index (κ3) is 2.92. The molecule has 1 unspecified atom stereocenters. The smallest absolute Gasteiger partial charge is 0.303 e.